The Morgan fingerprint density at radius 1 is 0.920 bits per heavy atom. The first-order valence-corrected chi connectivity index (χ1v) is 8.21. The fraction of sp³-hybridized carbons (Fsp3) is 0.263. The highest BCUT2D eigenvalue weighted by atomic mass is 16.5. The van der Waals surface area contributed by atoms with E-state index >= 15 is 0 Å². The van der Waals surface area contributed by atoms with Gasteiger partial charge in [-0.15, -0.1) is 0 Å². The molecule has 0 aromatic heterocycles. The van der Waals surface area contributed by atoms with E-state index in [0.29, 0.717) is 31.1 Å². The van der Waals surface area contributed by atoms with Crippen molar-refractivity contribution in [2.45, 2.75) is 13.0 Å². The molecule has 0 saturated heterocycles. The van der Waals surface area contributed by atoms with Crippen LogP contribution in [0.25, 0.3) is 0 Å². The average Bonchev–Trinajstić information content (AvgIpc) is 2.90. The summed E-state index contributed by atoms with van der Waals surface area (Å²) < 4.78 is 11.2. The molecule has 130 valence electrons. The van der Waals surface area contributed by atoms with Crippen molar-refractivity contribution >= 4 is 11.8 Å². The molecule has 2 amide bonds. The molecule has 2 aromatic rings. The minimum absolute atomic E-state index is 0.0712. The van der Waals surface area contributed by atoms with Crippen LogP contribution in [-0.4, -0.2) is 31.6 Å². The second-order valence-corrected chi connectivity index (χ2v) is 5.66. The Morgan fingerprint density at radius 2 is 1.68 bits per heavy atom. The molecule has 0 fully saturated rings. The topological polar surface area (TPSA) is 76.7 Å². The van der Waals surface area contributed by atoms with Gasteiger partial charge in [0.1, 0.15) is 0 Å². The number of carbonyl (C=O) groups is 2. The van der Waals surface area contributed by atoms with Crippen LogP contribution in [0.5, 0.6) is 11.5 Å². The standard InChI is InChI=1S/C19H20N2O4/c22-18(13-21-19(23)15-5-2-1-3-6-15)20-12-14-7-8-16-17(11-14)25-10-4-9-24-16/h1-3,5-8,11H,4,9-10,12-13H2,(H,20,22)(H,21,23). The van der Waals surface area contributed by atoms with E-state index in [1.165, 1.54) is 0 Å². The Labute approximate surface area is 146 Å². The number of benzene rings is 2. The number of hydrogen-bond donors (Lipinski definition) is 2. The van der Waals surface area contributed by atoms with Crippen LogP contribution in [-0.2, 0) is 11.3 Å². The van der Waals surface area contributed by atoms with E-state index in [-0.39, 0.29) is 18.4 Å². The maximum atomic E-state index is 11.9. The maximum Gasteiger partial charge on any atom is 0.251 e. The summed E-state index contributed by atoms with van der Waals surface area (Å²) in [7, 11) is 0. The molecule has 1 aliphatic rings. The lowest BCUT2D eigenvalue weighted by Gasteiger charge is -2.10. The van der Waals surface area contributed by atoms with Gasteiger partial charge in [-0.05, 0) is 29.8 Å². The first-order valence-electron chi connectivity index (χ1n) is 8.21. The summed E-state index contributed by atoms with van der Waals surface area (Å²) in [6.45, 7) is 1.55. The maximum absolute atomic E-state index is 11.9. The smallest absolute Gasteiger partial charge is 0.251 e. The number of hydrogen-bond acceptors (Lipinski definition) is 4. The second-order valence-electron chi connectivity index (χ2n) is 5.66. The lowest BCUT2D eigenvalue weighted by molar-refractivity contribution is -0.120. The molecule has 2 aromatic carbocycles. The minimum Gasteiger partial charge on any atom is -0.490 e. The van der Waals surface area contributed by atoms with Gasteiger partial charge < -0.3 is 20.1 Å². The quantitative estimate of drug-likeness (QED) is 0.871. The van der Waals surface area contributed by atoms with Crippen LogP contribution in [0.2, 0.25) is 0 Å². The van der Waals surface area contributed by atoms with Gasteiger partial charge in [0.05, 0.1) is 19.8 Å². The van der Waals surface area contributed by atoms with E-state index in [0.717, 1.165) is 17.7 Å². The van der Waals surface area contributed by atoms with Crippen LogP contribution >= 0.6 is 0 Å². The first kappa shape index (κ1) is 16.8. The third kappa shape index (κ3) is 4.73. The summed E-state index contributed by atoms with van der Waals surface area (Å²) >= 11 is 0. The normalized spacial score (nSPS) is 12.8. The second kappa shape index (κ2) is 8.19. The molecule has 0 unspecified atom stereocenters. The zero-order valence-corrected chi connectivity index (χ0v) is 13.8. The molecule has 2 N–H and O–H groups in total. The first-order chi connectivity index (χ1) is 12.2. The minimum atomic E-state index is -0.272. The van der Waals surface area contributed by atoms with Gasteiger partial charge in [0.25, 0.3) is 5.91 Å². The zero-order valence-electron chi connectivity index (χ0n) is 13.8. The SMILES string of the molecule is O=C(CNC(=O)c1ccccc1)NCc1ccc2c(c1)OCCCO2. The Kier molecular flexibility index (Phi) is 5.51. The summed E-state index contributed by atoms with van der Waals surface area (Å²) in [5.74, 6) is 0.895. The van der Waals surface area contributed by atoms with Crippen molar-refractivity contribution in [1.82, 2.24) is 10.6 Å². The van der Waals surface area contributed by atoms with Crippen LogP contribution in [0.1, 0.15) is 22.3 Å². The summed E-state index contributed by atoms with van der Waals surface area (Å²) in [6, 6.07) is 14.4. The molecule has 0 aliphatic carbocycles. The average molecular weight is 340 g/mol. The molecule has 0 bridgehead atoms. The molecule has 25 heavy (non-hydrogen) atoms. The van der Waals surface area contributed by atoms with E-state index in [1.807, 2.05) is 24.3 Å². The fourth-order valence-electron chi connectivity index (χ4n) is 2.43. The van der Waals surface area contributed by atoms with Crippen LogP contribution in [0.4, 0.5) is 0 Å². The van der Waals surface area contributed by atoms with Crippen LogP contribution < -0.4 is 20.1 Å². The van der Waals surface area contributed by atoms with Gasteiger partial charge >= 0.3 is 0 Å². The van der Waals surface area contributed by atoms with Gasteiger partial charge in [-0.1, -0.05) is 24.3 Å². The van der Waals surface area contributed by atoms with Gasteiger partial charge in [-0.25, -0.2) is 0 Å². The molecule has 6 heteroatoms. The lowest BCUT2D eigenvalue weighted by Crippen LogP contribution is -2.36. The van der Waals surface area contributed by atoms with Crippen molar-refractivity contribution in [3.63, 3.8) is 0 Å². The predicted molar refractivity (Wildman–Crippen MR) is 92.7 cm³/mol. The summed E-state index contributed by atoms with van der Waals surface area (Å²) in [5.41, 5.74) is 1.44. The number of nitrogens with one attached hydrogen (secondary N) is 2. The van der Waals surface area contributed by atoms with Gasteiger partial charge in [0.15, 0.2) is 11.5 Å². The molecule has 6 nitrogen and oxygen atoms in total. The van der Waals surface area contributed by atoms with E-state index in [2.05, 4.69) is 10.6 Å². The Morgan fingerprint density at radius 3 is 2.48 bits per heavy atom. The number of carbonyl (C=O) groups excluding carboxylic acids is 2. The van der Waals surface area contributed by atoms with E-state index in [9.17, 15) is 9.59 Å². The Balaban J connectivity index is 1.47. The summed E-state index contributed by atoms with van der Waals surface area (Å²) in [4.78, 5) is 23.8. The van der Waals surface area contributed by atoms with Crippen molar-refractivity contribution < 1.29 is 19.1 Å². The number of rotatable bonds is 5. The molecular weight excluding hydrogens is 320 g/mol. The molecular formula is C19H20N2O4. The molecule has 0 radical (unpaired) electrons. The summed E-state index contributed by atoms with van der Waals surface area (Å²) in [6.07, 6.45) is 0.849. The van der Waals surface area contributed by atoms with E-state index < -0.39 is 0 Å². The van der Waals surface area contributed by atoms with E-state index in [1.54, 1.807) is 24.3 Å². The summed E-state index contributed by atoms with van der Waals surface area (Å²) in [5, 5.41) is 5.38. The lowest BCUT2D eigenvalue weighted by atomic mass is 10.2. The zero-order chi connectivity index (χ0) is 17.5. The molecule has 3 rings (SSSR count). The highest BCUT2D eigenvalue weighted by Crippen LogP contribution is 2.30. The molecule has 1 heterocycles. The molecule has 0 spiro atoms. The van der Waals surface area contributed by atoms with Crippen LogP contribution in [0, 0.1) is 0 Å². The van der Waals surface area contributed by atoms with E-state index in [4.69, 9.17) is 9.47 Å². The molecule has 1 aliphatic heterocycles. The fourth-order valence-corrected chi connectivity index (χ4v) is 2.43. The monoisotopic (exact) mass is 340 g/mol. The number of amides is 2. The largest absolute Gasteiger partial charge is 0.490 e. The van der Waals surface area contributed by atoms with Crippen LogP contribution in [0.15, 0.2) is 48.5 Å². The van der Waals surface area contributed by atoms with Crippen molar-refractivity contribution in [3.05, 3.63) is 59.7 Å². The van der Waals surface area contributed by atoms with Crippen LogP contribution in [0.3, 0.4) is 0 Å². The number of ether oxygens (including phenoxy) is 2. The highest BCUT2D eigenvalue weighted by molar-refractivity contribution is 5.96. The van der Waals surface area contributed by atoms with Gasteiger partial charge in [-0.3, -0.25) is 9.59 Å². The predicted octanol–water partition coefficient (Wildman–Crippen LogP) is 1.89. The Bertz CT molecular complexity index is 746. The molecule has 0 atom stereocenters. The van der Waals surface area contributed by atoms with Gasteiger partial charge in [0.2, 0.25) is 5.91 Å². The van der Waals surface area contributed by atoms with Crippen molar-refractivity contribution in [2.75, 3.05) is 19.8 Å². The van der Waals surface area contributed by atoms with Crippen molar-refractivity contribution in [2.24, 2.45) is 0 Å². The third-order valence-corrected chi connectivity index (χ3v) is 3.75. The third-order valence-electron chi connectivity index (χ3n) is 3.75. The van der Waals surface area contributed by atoms with Gasteiger partial charge in [-0.2, -0.15) is 0 Å². The Hall–Kier alpha value is -3.02. The number of fused-ring (bicyclic) bond motifs is 1. The van der Waals surface area contributed by atoms with Crippen molar-refractivity contribution in [3.8, 4) is 11.5 Å². The van der Waals surface area contributed by atoms with Crippen molar-refractivity contribution in [1.29, 1.82) is 0 Å². The van der Waals surface area contributed by atoms with Gasteiger partial charge in [0, 0.05) is 18.5 Å². The highest BCUT2D eigenvalue weighted by Gasteiger charge is 2.11. The molecule has 0 saturated carbocycles.